The van der Waals surface area contributed by atoms with E-state index in [2.05, 4.69) is 10.4 Å². The van der Waals surface area contributed by atoms with Crippen molar-refractivity contribution >= 4 is 15.7 Å². The summed E-state index contributed by atoms with van der Waals surface area (Å²) in [5.41, 5.74) is 1.41. The molecular formula is C16H27N3O3S. The molecule has 7 heteroatoms. The van der Waals surface area contributed by atoms with E-state index in [0.717, 1.165) is 11.4 Å². The maximum atomic E-state index is 12.6. The lowest BCUT2D eigenvalue weighted by atomic mass is 9.83. The van der Waals surface area contributed by atoms with E-state index in [1.807, 2.05) is 40.7 Å². The molecule has 1 N–H and O–H groups in total. The van der Waals surface area contributed by atoms with E-state index in [-0.39, 0.29) is 23.3 Å². The standard InChI is InChI=1S/C16H27N3O3S/c1-11-10-12(2)19(18-11)13(3)15(20)17-16(4,5)14-6-8-23(21,22)9-7-14/h10,13-14H,6-9H2,1-5H3,(H,17,20). The van der Waals surface area contributed by atoms with Gasteiger partial charge in [-0.3, -0.25) is 9.48 Å². The smallest absolute Gasteiger partial charge is 0.245 e. The molecule has 0 aliphatic carbocycles. The molecule has 1 unspecified atom stereocenters. The van der Waals surface area contributed by atoms with Gasteiger partial charge in [-0.25, -0.2) is 8.42 Å². The van der Waals surface area contributed by atoms with Gasteiger partial charge >= 0.3 is 0 Å². The van der Waals surface area contributed by atoms with Crippen molar-refractivity contribution < 1.29 is 13.2 Å². The fraction of sp³-hybridized carbons (Fsp3) is 0.750. The summed E-state index contributed by atoms with van der Waals surface area (Å²) in [5.74, 6) is 0.505. The van der Waals surface area contributed by atoms with E-state index in [9.17, 15) is 13.2 Å². The number of rotatable bonds is 4. The quantitative estimate of drug-likeness (QED) is 0.905. The molecule has 130 valence electrons. The normalized spacial score (nSPS) is 20.2. The summed E-state index contributed by atoms with van der Waals surface area (Å²) in [7, 11) is -2.89. The van der Waals surface area contributed by atoms with Gasteiger partial charge in [0.2, 0.25) is 5.91 Å². The number of hydrogen-bond acceptors (Lipinski definition) is 4. The topological polar surface area (TPSA) is 81.1 Å². The van der Waals surface area contributed by atoms with E-state index < -0.39 is 21.4 Å². The van der Waals surface area contributed by atoms with Crippen LogP contribution in [0.15, 0.2) is 6.07 Å². The minimum absolute atomic E-state index is 0.0883. The largest absolute Gasteiger partial charge is 0.349 e. The summed E-state index contributed by atoms with van der Waals surface area (Å²) in [6.45, 7) is 9.61. The van der Waals surface area contributed by atoms with Gasteiger partial charge in [0, 0.05) is 11.2 Å². The Morgan fingerprint density at radius 2 is 1.91 bits per heavy atom. The second kappa shape index (κ2) is 6.26. The Bertz CT molecular complexity index is 677. The van der Waals surface area contributed by atoms with Crippen LogP contribution in [0.3, 0.4) is 0 Å². The molecule has 2 rings (SSSR count). The van der Waals surface area contributed by atoms with Crippen molar-refractivity contribution in [2.24, 2.45) is 5.92 Å². The first-order valence-corrected chi connectivity index (χ1v) is 9.89. The van der Waals surface area contributed by atoms with Gasteiger partial charge in [-0.05, 0) is 59.4 Å². The fourth-order valence-corrected chi connectivity index (χ4v) is 4.78. The fourth-order valence-electron chi connectivity index (χ4n) is 3.28. The summed E-state index contributed by atoms with van der Waals surface area (Å²) in [4.78, 5) is 12.6. The summed E-state index contributed by atoms with van der Waals surface area (Å²) < 4.78 is 24.9. The van der Waals surface area contributed by atoms with Crippen LogP contribution in [0.5, 0.6) is 0 Å². The lowest BCUT2D eigenvalue weighted by molar-refractivity contribution is -0.126. The van der Waals surface area contributed by atoms with Crippen molar-refractivity contribution in [1.29, 1.82) is 0 Å². The van der Waals surface area contributed by atoms with Crippen LogP contribution in [-0.4, -0.2) is 41.2 Å². The number of carbonyl (C=O) groups excluding carboxylic acids is 1. The molecule has 1 aliphatic heterocycles. The first-order chi connectivity index (χ1) is 10.5. The second-order valence-corrected chi connectivity index (χ2v) is 9.49. The molecule has 1 atom stereocenters. The molecule has 0 bridgehead atoms. The van der Waals surface area contributed by atoms with E-state index >= 15 is 0 Å². The van der Waals surface area contributed by atoms with Crippen molar-refractivity contribution in [2.75, 3.05) is 11.5 Å². The zero-order valence-corrected chi connectivity index (χ0v) is 15.4. The number of sulfone groups is 1. The molecule has 0 spiro atoms. The van der Waals surface area contributed by atoms with E-state index in [0.29, 0.717) is 12.8 Å². The molecule has 1 amide bonds. The van der Waals surface area contributed by atoms with Gasteiger partial charge < -0.3 is 5.32 Å². The van der Waals surface area contributed by atoms with Crippen LogP contribution in [0, 0.1) is 19.8 Å². The van der Waals surface area contributed by atoms with Gasteiger partial charge in [-0.2, -0.15) is 5.10 Å². The molecule has 1 aliphatic rings. The maximum absolute atomic E-state index is 12.6. The Labute approximate surface area is 138 Å². The molecule has 1 saturated heterocycles. The van der Waals surface area contributed by atoms with Crippen LogP contribution in [0.2, 0.25) is 0 Å². The molecule has 6 nitrogen and oxygen atoms in total. The minimum Gasteiger partial charge on any atom is -0.349 e. The van der Waals surface area contributed by atoms with Crippen LogP contribution >= 0.6 is 0 Å². The number of aryl methyl sites for hydroxylation is 2. The Hall–Kier alpha value is -1.37. The first kappa shape index (κ1) is 18.0. The SMILES string of the molecule is Cc1cc(C)n(C(C)C(=O)NC(C)(C)C2CCS(=O)(=O)CC2)n1. The highest BCUT2D eigenvalue weighted by molar-refractivity contribution is 7.91. The average Bonchev–Trinajstić information content (AvgIpc) is 2.75. The minimum atomic E-state index is -2.89. The van der Waals surface area contributed by atoms with E-state index in [4.69, 9.17) is 0 Å². The highest BCUT2D eigenvalue weighted by Crippen LogP contribution is 2.29. The van der Waals surface area contributed by atoms with Gasteiger partial charge in [-0.1, -0.05) is 0 Å². The van der Waals surface area contributed by atoms with Crippen LogP contribution in [-0.2, 0) is 14.6 Å². The first-order valence-electron chi connectivity index (χ1n) is 8.07. The van der Waals surface area contributed by atoms with Crippen molar-refractivity contribution in [1.82, 2.24) is 15.1 Å². The summed E-state index contributed by atoms with van der Waals surface area (Å²) in [6.07, 6.45) is 1.20. The predicted molar refractivity (Wildman–Crippen MR) is 90.0 cm³/mol. The number of hydrogen-bond donors (Lipinski definition) is 1. The maximum Gasteiger partial charge on any atom is 0.245 e. The zero-order valence-electron chi connectivity index (χ0n) is 14.6. The number of carbonyl (C=O) groups is 1. The number of aromatic nitrogens is 2. The molecule has 23 heavy (non-hydrogen) atoms. The van der Waals surface area contributed by atoms with Crippen LogP contribution in [0.1, 0.15) is 51.0 Å². The van der Waals surface area contributed by atoms with Crippen molar-refractivity contribution in [3.63, 3.8) is 0 Å². The third kappa shape index (κ3) is 4.13. The summed E-state index contributed by atoms with van der Waals surface area (Å²) >= 11 is 0. The van der Waals surface area contributed by atoms with Crippen LogP contribution < -0.4 is 5.32 Å². The van der Waals surface area contributed by atoms with Gasteiger partial charge in [-0.15, -0.1) is 0 Å². The molecule has 1 fully saturated rings. The molecule has 0 saturated carbocycles. The van der Waals surface area contributed by atoms with Crippen molar-refractivity contribution in [2.45, 2.75) is 59.0 Å². The molecule has 0 radical (unpaired) electrons. The Morgan fingerprint density at radius 3 is 2.39 bits per heavy atom. The molecule has 2 heterocycles. The average molecular weight is 341 g/mol. The van der Waals surface area contributed by atoms with Gasteiger partial charge in [0.15, 0.2) is 0 Å². The van der Waals surface area contributed by atoms with E-state index in [1.54, 1.807) is 4.68 Å². The number of nitrogens with zero attached hydrogens (tertiary/aromatic N) is 2. The molecule has 0 aromatic carbocycles. The summed E-state index contributed by atoms with van der Waals surface area (Å²) in [6, 6.07) is 1.55. The number of nitrogens with one attached hydrogen (secondary N) is 1. The number of amides is 1. The highest BCUT2D eigenvalue weighted by Gasteiger charge is 2.36. The molecular weight excluding hydrogens is 314 g/mol. The van der Waals surface area contributed by atoms with Gasteiger partial charge in [0.25, 0.3) is 0 Å². The lowest BCUT2D eigenvalue weighted by Crippen LogP contribution is -2.52. The van der Waals surface area contributed by atoms with Crippen molar-refractivity contribution in [3.8, 4) is 0 Å². The third-order valence-electron chi connectivity index (χ3n) is 4.81. The van der Waals surface area contributed by atoms with Crippen molar-refractivity contribution in [3.05, 3.63) is 17.5 Å². The van der Waals surface area contributed by atoms with Crippen LogP contribution in [0.25, 0.3) is 0 Å². The Balaban J connectivity index is 2.05. The lowest BCUT2D eigenvalue weighted by Gasteiger charge is -2.38. The Morgan fingerprint density at radius 1 is 1.35 bits per heavy atom. The highest BCUT2D eigenvalue weighted by atomic mass is 32.2. The second-order valence-electron chi connectivity index (χ2n) is 7.18. The molecule has 1 aromatic rings. The van der Waals surface area contributed by atoms with E-state index in [1.165, 1.54) is 0 Å². The zero-order chi connectivity index (χ0) is 17.4. The summed E-state index contributed by atoms with van der Waals surface area (Å²) in [5, 5.41) is 7.46. The molecule has 1 aromatic heterocycles. The van der Waals surface area contributed by atoms with Gasteiger partial charge in [0.1, 0.15) is 15.9 Å². The predicted octanol–water partition coefficient (Wildman–Crippen LogP) is 1.78. The van der Waals surface area contributed by atoms with Crippen LogP contribution in [0.4, 0.5) is 0 Å². The third-order valence-corrected chi connectivity index (χ3v) is 6.53. The Kier molecular flexibility index (Phi) is 4.89. The monoisotopic (exact) mass is 341 g/mol. The van der Waals surface area contributed by atoms with Gasteiger partial charge in [0.05, 0.1) is 17.2 Å².